The second kappa shape index (κ2) is 10.1. The summed E-state index contributed by atoms with van der Waals surface area (Å²) in [6.07, 6.45) is 3.24. The third-order valence-corrected chi connectivity index (χ3v) is 7.72. The summed E-state index contributed by atoms with van der Waals surface area (Å²) in [7, 11) is 3.35. The number of aromatic hydroxyl groups is 1. The minimum absolute atomic E-state index is 0.113. The molecule has 5 nitrogen and oxygen atoms in total. The van der Waals surface area contributed by atoms with Gasteiger partial charge < -0.3 is 19.5 Å². The molecule has 1 aliphatic heterocycles. The van der Waals surface area contributed by atoms with Crippen molar-refractivity contribution in [3.8, 4) is 5.75 Å². The Morgan fingerprint density at radius 3 is 2.36 bits per heavy atom. The number of phenolic OH excluding ortho intramolecular Hbond substituents is 1. The van der Waals surface area contributed by atoms with Gasteiger partial charge in [-0.25, -0.2) is 8.78 Å². The summed E-state index contributed by atoms with van der Waals surface area (Å²) < 4.78 is 41.5. The van der Waals surface area contributed by atoms with E-state index in [1.165, 1.54) is 12.1 Å². The average Bonchev–Trinajstić information content (AvgIpc) is 2.90. The number of aromatic nitrogens is 1. The van der Waals surface area contributed by atoms with Crippen molar-refractivity contribution in [2.75, 3.05) is 32.2 Å². The largest absolute Gasteiger partial charge is 0.508 e. The van der Waals surface area contributed by atoms with E-state index in [1.54, 1.807) is 20.3 Å². The number of phenols is 1. The zero-order valence-electron chi connectivity index (χ0n) is 20.6. The number of hydrogen-bond acceptors (Lipinski definition) is 5. The summed E-state index contributed by atoms with van der Waals surface area (Å²) in [4.78, 5) is 7.11. The van der Waals surface area contributed by atoms with Crippen LogP contribution in [-0.2, 0) is 15.4 Å². The Balaban J connectivity index is 1.45. The quantitative estimate of drug-likeness (QED) is 0.424. The predicted octanol–water partition coefficient (Wildman–Crippen LogP) is 6.03. The maximum Gasteiger partial charge on any atom is 0.274 e. The lowest BCUT2D eigenvalue weighted by atomic mass is 9.69. The van der Waals surface area contributed by atoms with Gasteiger partial charge in [0.05, 0.1) is 11.9 Å². The molecule has 0 bridgehead atoms. The molecule has 1 aliphatic carbocycles. The lowest BCUT2D eigenvalue weighted by Crippen LogP contribution is -2.39. The van der Waals surface area contributed by atoms with E-state index in [9.17, 15) is 5.11 Å². The first-order chi connectivity index (χ1) is 17.4. The fraction of sp³-hybridized carbons (Fsp3) is 0.414. The number of fused-ring (bicyclic) bond motifs is 1. The van der Waals surface area contributed by atoms with Crippen LogP contribution in [0.2, 0.25) is 0 Å². The summed E-state index contributed by atoms with van der Waals surface area (Å²) in [6, 6.07) is 17.8. The van der Waals surface area contributed by atoms with Crippen LogP contribution in [0.1, 0.15) is 53.5 Å². The molecule has 1 aromatic heterocycles. The highest BCUT2D eigenvalue weighted by molar-refractivity contribution is 5.51. The lowest BCUT2D eigenvalue weighted by Gasteiger charge is -2.38. The number of benzene rings is 2. The van der Waals surface area contributed by atoms with Crippen LogP contribution < -0.4 is 4.90 Å². The molecule has 0 amide bonds. The minimum Gasteiger partial charge on any atom is -0.508 e. The van der Waals surface area contributed by atoms with Crippen molar-refractivity contribution in [1.29, 1.82) is 0 Å². The number of hydrogen-bond donors (Lipinski definition) is 1. The van der Waals surface area contributed by atoms with Crippen molar-refractivity contribution in [2.24, 2.45) is 5.92 Å². The Kier molecular flexibility index (Phi) is 6.95. The van der Waals surface area contributed by atoms with Gasteiger partial charge in [-0.15, -0.1) is 0 Å². The Labute approximate surface area is 210 Å². The smallest absolute Gasteiger partial charge is 0.274 e. The zero-order valence-corrected chi connectivity index (χ0v) is 20.6. The molecule has 190 valence electrons. The van der Waals surface area contributed by atoms with Crippen molar-refractivity contribution >= 4 is 5.69 Å². The second-order valence-corrected chi connectivity index (χ2v) is 9.78. The lowest BCUT2D eigenvalue weighted by molar-refractivity contribution is -0.141. The van der Waals surface area contributed by atoms with Gasteiger partial charge in [0.25, 0.3) is 5.92 Å². The van der Waals surface area contributed by atoms with Gasteiger partial charge in [-0.3, -0.25) is 4.98 Å². The van der Waals surface area contributed by atoms with Crippen LogP contribution in [0, 0.1) is 5.92 Å². The van der Waals surface area contributed by atoms with E-state index >= 15 is 8.78 Å². The van der Waals surface area contributed by atoms with E-state index in [1.807, 2.05) is 48.7 Å². The first-order valence-electron chi connectivity index (χ1n) is 12.4. The number of alkyl halides is 2. The molecule has 2 aliphatic rings. The monoisotopic (exact) mass is 494 g/mol. The van der Waals surface area contributed by atoms with Crippen LogP contribution in [0.3, 0.4) is 0 Å². The third-order valence-electron chi connectivity index (χ3n) is 7.72. The molecule has 2 heterocycles. The van der Waals surface area contributed by atoms with Gasteiger partial charge in [0.15, 0.2) is 6.29 Å². The Bertz CT molecular complexity index is 1160. The first-order valence-corrected chi connectivity index (χ1v) is 12.4. The number of nitrogens with zero attached hydrogens (tertiary/aromatic N) is 2. The fourth-order valence-electron chi connectivity index (χ4n) is 5.91. The maximum atomic E-state index is 15.3. The fourth-order valence-corrected chi connectivity index (χ4v) is 5.91. The number of halogens is 2. The van der Waals surface area contributed by atoms with E-state index in [-0.39, 0.29) is 29.9 Å². The topological polar surface area (TPSA) is 54.8 Å². The molecular formula is C29H32F2N2O3. The first kappa shape index (κ1) is 24.7. The van der Waals surface area contributed by atoms with Gasteiger partial charge in [-0.05, 0) is 48.2 Å². The van der Waals surface area contributed by atoms with Crippen LogP contribution >= 0.6 is 0 Å². The molecule has 5 rings (SSSR count). The molecule has 1 saturated heterocycles. The van der Waals surface area contributed by atoms with Crippen molar-refractivity contribution in [3.63, 3.8) is 0 Å². The van der Waals surface area contributed by atoms with Crippen LogP contribution in [0.4, 0.5) is 14.5 Å². The number of methoxy groups -OCH3 is 2. The van der Waals surface area contributed by atoms with E-state index in [0.717, 1.165) is 42.9 Å². The average molecular weight is 495 g/mol. The number of rotatable bonds is 6. The van der Waals surface area contributed by atoms with Crippen LogP contribution in [0.5, 0.6) is 5.75 Å². The summed E-state index contributed by atoms with van der Waals surface area (Å²) in [5.41, 5.74) is 3.04. The van der Waals surface area contributed by atoms with Crippen molar-refractivity contribution in [1.82, 2.24) is 4.98 Å². The van der Waals surface area contributed by atoms with E-state index < -0.39 is 11.8 Å². The number of anilines is 1. The van der Waals surface area contributed by atoms with Gasteiger partial charge in [0, 0.05) is 62.7 Å². The zero-order chi connectivity index (χ0) is 25.3. The Morgan fingerprint density at radius 2 is 1.72 bits per heavy atom. The van der Waals surface area contributed by atoms with Gasteiger partial charge in [0.1, 0.15) is 5.75 Å². The van der Waals surface area contributed by atoms with Crippen LogP contribution in [0.15, 0.2) is 66.9 Å². The van der Waals surface area contributed by atoms with Crippen LogP contribution in [0.25, 0.3) is 0 Å². The van der Waals surface area contributed by atoms with E-state index in [0.29, 0.717) is 11.5 Å². The molecule has 1 fully saturated rings. The van der Waals surface area contributed by atoms with E-state index in [2.05, 4.69) is 4.90 Å². The van der Waals surface area contributed by atoms with Crippen LogP contribution in [-0.4, -0.2) is 43.7 Å². The van der Waals surface area contributed by atoms with Crippen molar-refractivity contribution in [3.05, 3.63) is 89.2 Å². The molecule has 2 atom stereocenters. The maximum absolute atomic E-state index is 15.3. The van der Waals surface area contributed by atoms with Crippen molar-refractivity contribution in [2.45, 2.75) is 43.3 Å². The van der Waals surface area contributed by atoms with Gasteiger partial charge in [0.2, 0.25) is 0 Å². The molecule has 7 heteroatoms. The SMILES string of the molecule is COC(OC)C1CCN(c2ccc([C@@H]3c4ccc(O)cc4C(F)(F)C[C@@H]3c3ccccc3)nc2)CC1. The number of pyridine rings is 1. The standard InChI is InChI=1S/C29H32F2N2O3/c1-35-28(36-2)20-12-14-33(15-13-20)21-8-11-26(32-18-21)27-23-10-9-22(34)16-25(23)29(30,31)17-24(27)19-6-4-3-5-7-19/h3-11,16,18,20,24,27-28,34H,12-15,17H2,1-2H3/t24-,27-/m1/s1. The second-order valence-electron chi connectivity index (χ2n) is 9.78. The Hall–Kier alpha value is -3.03. The van der Waals surface area contributed by atoms with Gasteiger partial charge in [-0.1, -0.05) is 36.4 Å². The predicted molar refractivity (Wildman–Crippen MR) is 135 cm³/mol. The molecule has 36 heavy (non-hydrogen) atoms. The van der Waals surface area contributed by atoms with E-state index in [4.69, 9.17) is 14.5 Å². The highest BCUT2D eigenvalue weighted by Gasteiger charge is 2.47. The summed E-state index contributed by atoms with van der Waals surface area (Å²) >= 11 is 0. The van der Waals surface area contributed by atoms with Gasteiger partial charge >= 0.3 is 0 Å². The molecule has 0 saturated carbocycles. The third kappa shape index (κ3) is 4.70. The molecular weight excluding hydrogens is 462 g/mol. The van der Waals surface area contributed by atoms with Gasteiger partial charge in [-0.2, -0.15) is 0 Å². The number of piperidine rings is 1. The Morgan fingerprint density at radius 1 is 1.00 bits per heavy atom. The molecule has 2 aromatic carbocycles. The summed E-state index contributed by atoms with van der Waals surface area (Å²) in [5, 5.41) is 9.96. The molecule has 0 spiro atoms. The summed E-state index contributed by atoms with van der Waals surface area (Å²) in [6.45, 7) is 1.75. The molecule has 3 aromatic rings. The number of ether oxygens (including phenoxy) is 2. The van der Waals surface area contributed by atoms with Crippen molar-refractivity contribution < 1.29 is 23.4 Å². The molecule has 0 radical (unpaired) electrons. The molecule has 1 N–H and O–H groups in total. The normalized spacial score (nSPS) is 22.0. The summed E-state index contributed by atoms with van der Waals surface area (Å²) in [5.74, 6) is -3.62. The highest BCUT2D eigenvalue weighted by Crippen LogP contribution is 2.54. The highest BCUT2D eigenvalue weighted by atomic mass is 19.3. The molecule has 0 unspecified atom stereocenters. The minimum atomic E-state index is -3.04.